The molecule has 180 valence electrons. The number of halogens is 1. The van der Waals surface area contributed by atoms with E-state index in [9.17, 15) is 14.9 Å². The molecule has 0 spiro atoms. The fourth-order valence-electron chi connectivity index (χ4n) is 4.45. The monoisotopic (exact) mass is 494 g/mol. The lowest BCUT2D eigenvalue weighted by molar-refractivity contribution is -0.383. The Morgan fingerprint density at radius 1 is 1.00 bits per heavy atom. The molecular weight excluding hydrogens is 472 g/mol. The fourth-order valence-corrected chi connectivity index (χ4v) is 4.58. The first kappa shape index (κ1) is 22.9. The maximum absolute atomic E-state index is 12.5. The van der Waals surface area contributed by atoms with Crippen LogP contribution in [-0.4, -0.2) is 65.0 Å². The van der Waals surface area contributed by atoms with Gasteiger partial charge in [-0.05, 0) is 41.8 Å². The van der Waals surface area contributed by atoms with Gasteiger partial charge in [-0.25, -0.2) is 9.97 Å². The highest BCUT2D eigenvalue weighted by molar-refractivity contribution is 6.30. The van der Waals surface area contributed by atoms with Gasteiger partial charge in [0.15, 0.2) is 5.76 Å². The van der Waals surface area contributed by atoms with Gasteiger partial charge in [0, 0.05) is 44.3 Å². The van der Waals surface area contributed by atoms with Crippen molar-refractivity contribution in [1.29, 1.82) is 0 Å². The standard InChI is InChI=1S/C24H23ClN6O4/c25-19-5-3-17(4-6-19)18-7-9-28(10-8-18)22-21(31(33)34)23(27-16-26-22)29-11-13-30(14-12-29)24(32)20-2-1-15-35-20/h1-7,15-16H,8-14H2. The third-order valence-corrected chi connectivity index (χ3v) is 6.54. The smallest absolute Gasteiger partial charge is 0.353 e. The average Bonchev–Trinajstić information content (AvgIpc) is 3.44. The van der Waals surface area contributed by atoms with Crippen molar-refractivity contribution in [1.82, 2.24) is 14.9 Å². The fraction of sp³-hybridized carbons (Fsp3) is 0.292. The third kappa shape index (κ3) is 4.69. The normalized spacial score (nSPS) is 16.3. The molecule has 10 nitrogen and oxygen atoms in total. The van der Waals surface area contributed by atoms with Crippen LogP contribution >= 0.6 is 11.6 Å². The Morgan fingerprint density at radius 2 is 1.71 bits per heavy atom. The Kier molecular flexibility index (Phi) is 6.37. The number of carbonyl (C=O) groups excluding carboxylic acids is 1. The molecular formula is C24H23ClN6O4. The Morgan fingerprint density at radius 3 is 2.31 bits per heavy atom. The summed E-state index contributed by atoms with van der Waals surface area (Å²) in [6.07, 6.45) is 5.63. The van der Waals surface area contributed by atoms with E-state index in [1.165, 1.54) is 18.2 Å². The highest BCUT2D eigenvalue weighted by Gasteiger charge is 2.33. The summed E-state index contributed by atoms with van der Waals surface area (Å²) >= 11 is 5.99. The Balaban J connectivity index is 1.33. The molecule has 0 unspecified atom stereocenters. The van der Waals surface area contributed by atoms with E-state index in [2.05, 4.69) is 16.0 Å². The van der Waals surface area contributed by atoms with E-state index in [1.807, 2.05) is 34.1 Å². The highest BCUT2D eigenvalue weighted by Crippen LogP contribution is 2.36. The summed E-state index contributed by atoms with van der Waals surface area (Å²) < 4.78 is 5.20. The van der Waals surface area contributed by atoms with Crippen LogP contribution in [0.15, 0.2) is 59.5 Å². The lowest BCUT2D eigenvalue weighted by Gasteiger charge is -2.35. The number of aromatic nitrogens is 2. The molecule has 0 N–H and O–H groups in total. The van der Waals surface area contributed by atoms with Gasteiger partial charge in [0.25, 0.3) is 5.91 Å². The number of nitrogens with zero attached hydrogens (tertiary/aromatic N) is 6. The molecule has 0 radical (unpaired) electrons. The minimum atomic E-state index is -0.413. The summed E-state index contributed by atoms with van der Waals surface area (Å²) in [6.45, 7) is 2.76. The number of piperazine rings is 1. The number of furan rings is 1. The molecule has 1 fully saturated rings. The van der Waals surface area contributed by atoms with Crippen LogP contribution in [0, 0.1) is 10.1 Å². The predicted molar refractivity (Wildman–Crippen MR) is 132 cm³/mol. The van der Waals surface area contributed by atoms with Crippen LogP contribution in [0.5, 0.6) is 0 Å². The van der Waals surface area contributed by atoms with Crippen molar-refractivity contribution in [3.05, 3.63) is 81.5 Å². The number of anilines is 2. The van der Waals surface area contributed by atoms with Crippen molar-refractivity contribution in [3.63, 3.8) is 0 Å². The molecule has 1 amide bonds. The molecule has 5 rings (SSSR count). The van der Waals surface area contributed by atoms with Gasteiger partial charge < -0.3 is 19.1 Å². The van der Waals surface area contributed by atoms with Gasteiger partial charge in [0.05, 0.1) is 11.2 Å². The quantitative estimate of drug-likeness (QED) is 0.388. The SMILES string of the molecule is O=C(c1ccco1)N1CCN(c2ncnc(N3CC=C(c4ccc(Cl)cc4)CC3)c2[N+](=O)[O-])CC1. The molecule has 2 aromatic heterocycles. The van der Waals surface area contributed by atoms with Crippen molar-refractivity contribution in [2.24, 2.45) is 0 Å². The summed E-state index contributed by atoms with van der Waals surface area (Å²) in [6, 6.07) is 11.0. The molecule has 4 heterocycles. The molecule has 0 aliphatic carbocycles. The largest absolute Gasteiger partial charge is 0.459 e. The van der Waals surface area contributed by atoms with Crippen LogP contribution in [0.3, 0.4) is 0 Å². The first-order valence-corrected chi connectivity index (χ1v) is 11.7. The summed E-state index contributed by atoms with van der Waals surface area (Å²) in [5.74, 6) is 0.673. The molecule has 3 aromatic rings. The van der Waals surface area contributed by atoms with E-state index < -0.39 is 4.92 Å². The summed E-state index contributed by atoms with van der Waals surface area (Å²) in [4.78, 5) is 38.3. The molecule has 0 saturated carbocycles. The summed E-state index contributed by atoms with van der Waals surface area (Å²) in [5, 5.41) is 12.8. The number of amides is 1. The molecule has 0 bridgehead atoms. The van der Waals surface area contributed by atoms with E-state index in [0.717, 1.165) is 12.0 Å². The molecule has 2 aliphatic rings. The zero-order chi connectivity index (χ0) is 24.4. The zero-order valence-electron chi connectivity index (χ0n) is 18.8. The number of rotatable bonds is 5. The number of hydrogen-bond donors (Lipinski definition) is 0. The van der Waals surface area contributed by atoms with Crippen LogP contribution < -0.4 is 9.80 Å². The van der Waals surface area contributed by atoms with E-state index in [0.29, 0.717) is 50.1 Å². The Bertz CT molecular complexity index is 1250. The molecule has 35 heavy (non-hydrogen) atoms. The molecule has 0 atom stereocenters. The first-order chi connectivity index (χ1) is 17.0. The first-order valence-electron chi connectivity index (χ1n) is 11.3. The number of nitro groups is 1. The van der Waals surface area contributed by atoms with Gasteiger partial charge in [-0.2, -0.15) is 0 Å². The lowest BCUT2D eigenvalue weighted by atomic mass is 9.99. The molecule has 1 aromatic carbocycles. The van der Waals surface area contributed by atoms with E-state index in [1.54, 1.807) is 17.0 Å². The number of carbonyl (C=O) groups is 1. The molecule has 11 heteroatoms. The maximum atomic E-state index is 12.5. The number of benzene rings is 1. The molecule has 1 saturated heterocycles. The summed E-state index contributed by atoms with van der Waals surface area (Å²) in [5.41, 5.74) is 2.16. The van der Waals surface area contributed by atoms with Gasteiger partial charge in [0.1, 0.15) is 6.33 Å². The predicted octanol–water partition coefficient (Wildman–Crippen LogP) is 3.89. The second-order valence-electron chi connectivity index (χ2n) is 8.32. The topological polar surface area (TPSA) is 109 Å². The van der Waals surface area contributed by atoms with Gasteiger partial charge >= 0.3 is 5.69 Å². The van der Waals surface area contributed by atoms with Crippen LogP contribution in [-0.2, 0) is 0 Å². The van der Waals surface area contributed by atoms with E-state index in [-0.39, 0.29) is 23.2 Å². The summed E-state index contributed by atoms with van der Waals surface area (Å²) in [7, 11) is 0. The van der Waals surface area contributed by atoms with Gasteiger partial charge in [-0.15, -0.1) is 0 Å². The Hall–Kier alpha value is -3.92. The van der Waals surface area contributed by atoms with Crippen molar-refractivity contribution in [2.75, 3.05) is 49.1 Å². The van der Waals surface area contributed by atoms with Crippen LogP contribution in [0.25, 0.3) is 5.57 Å². The Labute approximate surface area is 206 Å². The van der Waals surface area contributed by atoms with E-state index >= 15 is 0 Å². The van der Waals surface area contributed by atoms with Gasteiger partial charge in [0.2, 0.25) is 11.6 Å². The van der Waals surface area contributed by atoms with Crippen molar-refractivity contribution in [2.45, 2.75) is 6.42 Å². The van der Waals surface area contributed by atoms with Crippen LogP contribution in [0.2, 0.25) is 5.02 Å². The van der Waals surface area contributed by atoms with Gasteiger partial charge in [-0.3, -0.25) is 14.9 Å². The minimum absolute atomic E-state index is 0.110. The van der Waals surface area contributed by atoms with Crippen LogP contribution in [0.4, 0.5) is 17.3 Å². The second-order valence-corrected chi connectivity index (χ2v) is 8.75. The minimum Gasteiger partial charge on any atom is -0.459 e. The average molecular weight is 495 g/mol. The highest BCUT2D eigenvalue weighted by atomic mass is 35.5. The van der Waals surface area contributed by atoms with Crippen molar-refractivity contribution >= 4 is 40.4 Å². The zero-order valence-corrected chi connectivity index (χ0v) is 19.6. The third-order valence-electron chi connectivity index (χ3n) is 6.29. The van der Waals surface area contributed by atoms with Crippen molar-refractivity contribution in [3.8, 4) is 0 Å². The van der Waals surface area contributed by atoms with Crippen LogP contribution in [0.1, 0.15) is 22.5 Å². The molecule has 2 aliphatic heterocycles. The lowest BCUT2D eigenvalue weighted by Crippen LogP contribution is -2.49. The number of hydrogen-bond acceptors (Lipinski definition) is 8. The second kappa shape index (κ2) is 9.75. The van der Waals surface area contributed by atoms with E-state index in [4.69, 9.17) is 16.0 Å². The van der Waals surface area contributed by atoms with Gasteiger partial charge in [-0.1, -0.05) is 29.8 Å². The maximum Gasteiger partial charge on any atom is 0.353 e. The van der Waals surface area contributed by atoms with Crippen molar-refractivity contribution < 1.29 is 14.1 Å².